The molecule has 0 saturated heterocycles. The molecule has 1 aromatic rings. The fourth-order valence-corrected chi connectivity index (χ4v) is 1.29. The Balaban J connectivity index is 3.11. The molecule has 0 fully saturated rings. The molecule has 0 aliphatic rings. The van der Waals surface area contributed by atoms with Crippen LogP contribution in [0.4, 0.5) is 0 Å². The summed E-state index contributed by atoms with van der Waals surface area (Å²) < 4.78 is 10.4. The average molecular weight is 196 g/mol. The number of nitrogens with zero attached hydrogens (tertiary/aromatic N) is 1. The molecular formula is C10H16N2O2. The largest absolute Gasteiger partial charge is 0.496 e. The third-order valence-corrected chi connectivity index (χ3v) is 2.00. The van der Waals surface area contributed by atoms with Gasteiger partial charge >= 0.3 is 0 Å². The normalized spacial score (nSPS) is 10.0. The summed E-state index contributed by atoms with van der Waals surface area (Å²) in [6.45, 7) is 2.63. The second-order valence-corrected chi connectivity index (χ2v) is 2.98. The predicted molar refractivity (Wildman–Crippen MR) is 54.8 cm³/mol. The van der Waals surface area contributed by atoms with Crippen molar-refractivity contribution in [2.45, 2.75) is 13.5 Å². The highest BCUT2D eigenvalue weighted by molar-refractivity contribution is 5.40. The standard InChI is InChI=1S/C10H16N2O2/c1-7-9(13-3)5-8(6-11-2)12-10(7)14-4/h5,11H,6H2,1-4H3. The molecule has 0 aliphatic heterocycles. The SMILES string of the molecule is CNCc1cc(OC)c(C)c(OC)n1. The highest BCUT2D eigenvalue weighted by Gasteiger charge is 2.08. The van der Waals surface area contributed by atoms with Crippen LogP contribution in [0.1, 0.15) is 11.3 Å². The highest BCUT2D eigenvalue weighted by atomic mass is 16.5. The summed E-state index contributed by atoms with van der Waals surface area (Å²) in [5.41, 5.74) is 1.83. The highest BCUT2D eigenvalue weighted by Crippen LogP contribution is 2.26. The molecule has 4 nitrogen and oxygen atoms in total. The molecule has 0 spiro atoms. The van der Waals surface area contributed by atoms with E-state index >= 15 is 0 Å². The Morgan fingerprint density at radius 1 is 1.36 bits per heavy atom. The lowest BCUT2D eigenvalue weighted by molar-refractivity contribution is 0.374. The van der Waals surface area contributed by atoms with Gasteiger partial charge in [0.25, 0.3) is 0 Å². The third kappa shape index (κ3) is 2.14. The van der Waals surface area contributed by atoms with Gasteiger partial charge in [0.05, 0.1) is 25.5 Å². The Morgan fingerprint density at radius 2 is 2.07 bits per heavy atom. The Bertz CT molecular complexity index is 288. The Labute approximate surface area is 84.3 Å². The summed E-state index contributed by atoms with van der Waals surface area (Å²) in [7, 11) is 5.13. The number of rotatable bonds is 4. The summed E-state index contributed by atoms with van der Waals surface area (Å²) in [6, 6.07) is 1.91. The van der Waals surface area contributed by atoms with Crippen LogP contribution in [0.3, 0.4) is 0 Å². The second kappa shape index (κ2) is 4.81. The molecular weight excluding hydrogens is 180 g/mol. The van der Waals surface area contributed by atoms with E-state index < -0.39 is 0 Å². The first-order valence-corrected chi connectivity index (χ1v) is 4.46. The number of aromatic nitrogens is 1. The van der Waals surface area contributed by atoms with Gasteiger partial charge < -0.3 is 14.8 Å². The van der Waals surface area contributed by atoms with Crippen LogP contribution in [-0.4, -0.2) is 26.3 Å². The molecule has 0 bridgehead atoms. The van der Waals surface area contributed by atoms with E-state index in [-0.39, 0.29) is 0 Å². The molecule has 0 radical (unpaired) electrons. The smallest absolute Gasteiger partial charge is 0.220 e. The van der Waals surface area contributed by atoms with Crippen molar-refractivity contribution >= 4 is 0 Å². The monoisotopic (exact) mass is 196 g/mol. The fourth-order valence-electron chi connectivity index (χ4n) is 1.29. The molecule has 0 amide bonds. The van der Waals surface area contributed by atoms with Crippen LogP contribution in [0.2, 0.25) is 0 Å². The van der Waals surface area contributed by atoms with Crippen LogP contribution in [0.5, 0.6) is 11.6 Å². The number of nitrogens with one attached hydrogen (secondary N) is 1. The van der Waals surface area contributed by atoms with E-state index in [9.17, 15) is 0 Å². The Morgan fingerprint density at radius 3 is 2.57 bits per heavy atom. The van der Waals surface area contributed by atoms with Crippen molar-refractivity contribution in [3.8, 4) is 11.6 Å². The fraction of sp³-hybridized carbons (Fsp3) is 0.500. The molecule has 1 heterocycles. The first kappa shape index (κ1) is 10.8. The zero-order valence-electron chi connectivity index (χ0n) is 9.05. The molecule has 1 rings (SSSR count). The topological polar surface area (TPSA) is 43.4 Å². The summed E-state index contributed by atoms with van der Waals surface area (Å²) in [6.07, 6.45) is 0. The number of hydrogen-bond acceptors (Lipinski definition) is 4. The number of hydrogen-bond donors (Lipinski definition) is 1. The van der Waals surface area contributed by atoms with Gasteiger partial charge in [-0.15, -0.1) is 0 Å². The first-order valence-electron chi connectivity index (χ1n) is 4.46. The maximum absolute atomic E-state index is 5.23. The van der Waals surface area contributed by atoms with Crippen molar-refractivity contribution in [3.63, 3.8) is 0 Å². The van der Waals surface area contributed by atoms with Gasteiger partial charge in [-0.05, 0) is 14.0 Å². The minimum absolute atomic E-state index is 0.620. The molecule has 1 N–H and O–H groups in total. The van der Waals surface area contributed by atoms with Gasteiger partial charge in [0.2, 0.25) is 5.88 Å². The van der Waals surface area contributed by atoms with E-state index in [0.717, 1.165) is 17.0 Å². The van der Waals surface area contributed by atoms with Gasteiger partial charge in [0.15, 0.2) is 0 Å². The summed E-state index contributed by atoms with van der Waals surface area (Å²) in [5, 5.41) is 3.03. The number of pyridine rings is 1. The lowest BCUT2D eigenvalue weighted by Gasteiger charge is -2.10. The van der Waals surface area contributed by atoms with Crippen LogP contribution in [0, 0.1) is 6.92 Å². The molecule has 0 unspecified atom stereocenters. The summed E-state index contributed by atoms with van der Waals surface area (Å²) >= 11 is 0. The van der Waals surface area contributed by atoms with Gasteiger partial charge in [-0.25, -0.2) is 4.98 Å². The van der Waals surface area contributed by atoms with Gasteiger partial charge in [-0.3, -0.25) is 0 Å². The summed E-state index contributed by atoms with van der Waals surface area (Å²) in [4.78, 5) is 4.32. The van der Waals surface area contributed by atoms with E-state index in [1.54, 1.807) is 14.2 Å². The maximum atomic E-state index is 5.23. The van der Waals surface area contributed by atoms with E-state index in [4.69, 9.17) is 9.47 Å². The Hall–Kier alpha value is -1.29. The Kier molecular flexibility index (Phi) is 3.71. The van der Waals surface area contributed by atoms with Crippen LogP contribution in [-0.2, 0) is 6.54 Å². The van der Waals surface area contributed by atoms with Crippen molar-refractivity contribution < 1.29 is 9.47 Å². The number of ether oxygens (including phenoxy) is 2. The van der Waals surface area contributed by atoms with Crippen LogP contribution in [0.25, 0.3) is 0 Å². The third-order valence-electron chi connectivity index (χ3n) is 2.00. The molecule has 0 atom stereocenters. The van der Waals surface area contributed by atoms with Gasteiger partial charge in [0.1, 0.15) is 5.75 Å². The average Bonchev–Trinajstić information content (AvgIpc) is 2.20. The van der Waals surface area contributed by atoms with Gasteiger partial charge in [-0.1, -0.05) is 0 Å². The van der Waals surface area contributed by atoms with Crippen molar-refractivity contribution in [1.82, 2.24) is 10.3 Å². The molecule has 0 saturated carbocycles. The number of methoxy groups -OCH3 is 2. The molecule has 4 heteroatoms. The second-order valence-electron chi connectivity index (χ2n) is 2.98. The maximum Gasteiger partial charge on any atom is 0.220 e. The van der Waals surface area contributed by atoms with Crippen molar-refractivity contribution in [3.05, 3.63) is 17.3 Å². The lowest BCUT2D eigenvalue weighted by Crippen LogP contribution is -2.08. The van der Waals surface area contributed by atoms with Gasteiger partial charge in [0, 0.05) is 12.6 Å². The quantitative estimate of drug-likeness (QED) is 0.784. The summed E-state index contributed by atoms with van der Waals surface area (Å²) in [5.74, 6) is 1.43. The van der Waals surface area contributed by atoms with Crippen LogP contribution < -0.4 is 14.8 Å². The van der Waals surface area contributed by atoms with E-state index in [0.29, 0.717) is 12.4 Å². The lowest BCUT2D eigenvalue weighted by atomic mass is 10.2. The van der Waals surface area contributed by atoms with Gasteiger partial charge in [-0.2, -0.15) is 0 Å². The van der Waals surface area contributed by atoms with E-state index in [1.165, 1.54) is 0 Å². The van der Waals surface area contributed by atoms with E-state index in [1.807, 2.05) is 20.0 Å². The van der Waals surface area contributed by atoms with Crippen molar-refractivity contribution in [1.29, 1.82) is 0 Å². The molecule has 14 heavy (non-hydrogen) atoms. The predicted octanol–water partition coefficient (Wildman–Crippen LogP) is 1.13. The first-order chi connectivity index (χ1) is 6.72. The van der Waals surface area contributed by atoms with Crippen LogP contribution >= 0.6 is 0 Å². The van der Waals surface area contributed by atoms with Crippen LogP contribution in [0.15, 0.2) is 6.07 Å². The zero-order chi connectivity index (χ0) is 10.6. The molecule has 78 valence electrons. The minimum atomic E-state index is 0.620. The zero-order valence-corrected chi connectivity index (χ0v) is 9.05. The molecule has 0 aliphatic carbocycles. The molecule has 0 aromatic carbocycles. The van der Waals surface area contributed by atoms with Crippen molar-refractivity contribution in [2.24, 2.45) is 0 Å². The van der Waals surface area contributed by atoms with E-state index in [2.05, 4.69) is 10.3 Å². The minimum Gasteiger partial charge on any atom is -0.496 e. The van der Waals surface area contributed by atoms with Crippen molar-refractivity contribution in [2.75, 3.05) is 21.3 Å². The molecule has 1 aromatic heterocycles.